The number of ketones is 2. The lowest BCUT2D eigenvalue weighted by molar-refractivity contribution is -0.213. The van der Waals surface area contributed by atoms with Crippen LogP contribution in [0.5, 0.6) is 0 Å². The zero-order valence-electron chi connectivity index (χ0n) is 24.3. The molecule has 13 nitrogen and oxygen atoms in total. The van der Waals surface area contributed by atoms with E-state index >= 15 is 0 Å². The number of carbonyl (C=O) groups excluding carboxylic acids is 4. The quantitative estimate of drug-likeness (QED) is 0.242. The van der Waals surface area contributed by atoms with Gasteiger partial charge in [0.15, 0.2) is 23.4 Å². The largest absolute Gasteiger partial charge is 0.459 e. The van der Waals surface area contributed by atoms with Gasteiger partial charge in [-0.2, -0.15) is 0 Å². The molecule has 4 aliphatic carbocycles. The zero-order valence-corrected chi connectivity index (χ0v) is 24.3. The highest BCUT2D eigenvalue weighted by Gasteiger charge is 2.97. The van der Waals surface area contributed by atoms with E-state index < -0.39 is 105 Å². The summed E-state index contributed by atoms with van der Waals surface area (Å²) in [5.41, 5.74) is -7.67. The van der Waals surface area contributed by atoms with Crippen LogP contribution in [0.15, 0.2) is 12.2 Å². The van der Waals surface area contributed by atoms with Gasteiger partial charge in [-0.25, -0.2) is 0 Å². The smallest absolute Gasteiger partial charge is 0.313 e. The highest BCUT2D eigenvalue weighted by Crippen LogP contribution is 2.76. The Balaban J connectivity index is 0.000000121. The molecule has 4 saturated carbocycles. The minimum atomic E-state index is -1.58. The number of ether oxygens (including phenoxy) is 6. The van der Waals surface area contributed by atoms with Gasteiger partial charge in [0.2, 0.25) is 11.6 Å². The molecular formula is C30H34O13. The normalized spacial score (nSPS) is 61.7. The molecule has 0 amide bonds. The van der Waals surface area contributed by atoms with Crippen LogP contribution in [0.25, 0.3) is 0 Å². The maximum Gasteiger partial charge on any atom is 0.313 e. The van der Waals surface area contributed by atoms with E-state index in [1.165, 1.54) is 0 Å². The number of rotatable bonds is 2. The van der Waals surface area contributed by atoms with Crippen LogP contribution in [0, 0.1) is 34.5 Å². The molecule has 2 spiro atoms. The summed E-state index contributed by atoms with van der Waals surface area (Å²) < 4.78 is 34.1. The number of hydrogen-bond acceptors (Lipinski definition) is 13. The van der Waals surface area contributed by atoms with Crippen LogP contribution in [-0.4, -0.2) is 117 Å². The first-order chi connectivity index (χ1) is 19.9. The topological polar surface area (TPSA) is 184 Å². The van der Waals surface area contributed by atoms with Crippen LogP contribution in [0.1, 0.15) is 34.6 Å². The minimum absolute atomic E-state index is 0.0398. The molecule has 6 aliphatic heterocycles. The summed E-state index contributed by atoms with van der Waals surface area (Å²) in [6.45, 7) is 12.3. The second kappa shape index (κ2) is 6.93. The van der Waals surface area contributed by atoms with E-state index in [0.717, 1.165) is 5.57 Å². The molecule has 16 unspecified atom stereocenters. The summed E-state index contributed by atoms with van der Waals surface area (Å²) in [5, 5.41) is 33.2. The second-order valence-electron chi connectivity index (χ2n) is 15.2. The van der Waals surface area contributed by atoms with Gasteiger partial charge < -0.3 is 43.7 Å². The monoisotopic (exact) mass is 602 g/mol. The van der Waals surface area contributed by atoms with E-state index in [1.807, 2.05) is 6.92 Å². The molecule has 0 aromatic carbocycles. The summed E-state index contributed by atoms with van der Waals surface area (Å²) in [5.74, 6) is -3.86. The molecular weight excluding hydrogens is 568 g/mol. The van der Waals surface area contributed by atoms with E-state index in [4.69, 9.17) is 28.4 Å². The molecule has 3 N–H and O–H groups in total. The lowest BCUT2D eigenvalue weighted by Gasteiger charge is -2.52. The third-order valence-electron chi connectivity index (χ3n) is 13.3. The van der Waals surface area contributed by atoms with Gasteiger partial charge in [0.25, 0.3) is 0 Å². The van der Waals surface area contributed by atoms with Crippen molar-refractivity contribution in [2.75, 3.05) is 13.2 Å². The third-order valence-corrected chi connectivity index (χ3v) is 13.3. The van der Waals surface area contributed by atoms with E-state index in [0.29, 0.717) is 0 Å². The number of Topliss-reactive ketones (excluding diaryl/α,β-unsaturated/α-hetero) is 2. The predicted molar refractivity (Wildman–Crippen MR) is 136 cm³/mol. The second-order valence-corrected chi connectivity index (χ2v) is 15.2. The molecule has 13 heteroatoms. The van der Waals surface area contributed by atoms with Crippen LogP contribution in [-0.2, 0) is 47.6 Å². The fraction of sp³-hybridized carbons (Fsp3) is 0.800. The average molecular weight is 603 g/mol. The Bertz CT molecular complexity index is 1500. The number of hydrogen-bond donors (Lipinski definition) is 3. The van der Waals surface area contributed by atoms with E-state index in [9.17, 15) is 34.5 Å². The first kappa shape index (κ1) is 27.1. The van der Waals surface area contributed by atoms with Gasteiger partial charge in [-0.3, -0.25) is 19.2 Å². The van der Waals surface area contributed by atoms with E-state index in [1.54, 1.807) is 27.7 Å². The van der Waals surface area contributed by atoms with Crippen molar-refractivity contribution in [2.45, 2.75) is 99.2 Å². The van der Waals surface area contributed by atoms with Crippen LogP contribution in [0.3, 0.4) is 0 Å². The van der Waals surface area contributed by atoms with Gasteiger partial charge in [-0.15, -0.1) is 0 Å². The highest BCUT2D eigenvalue weighted by molar-refractivity contribution is 6.13. The zero-order chi connectivity index (χ0) is 30.8. The molecule has 10 aliphatic rings. The Labute approximate surface area is 245 Å². The van der Waals surface area contributed by atoms with Gasteiger partial charge >= 0.3 is 11.9 Å². The molecule has 4 bridgehead atoms. The minimum Gasteiger partial charge on any atom is -0.459 e. The molecule has 0 radical (unpaired) electrons. The molecule has 6 heterocycles. The summed E-state index contributed by atoms with van der Waals surface area (Å²) in [7, 11) is 0. The molecule has 0 aromatic heterocycles. The average Bonchev–Trinajstić information content (AvgIpc) is 3.26. The van der Waals surface area contributed by atoms with Gasteiger partial charge in [0.05, 0.1) is 41.5 Å². The van der Waals surface area contributed by atoms with Crippen molar-refractivity contribution < 1.29 is 62.9 Å². The Morgan fingerprint density at radius 2 is 1.26 bits per heavy atom. The van der Waals surface area contributed by atoms with Crippen LogP contribution in [0.4, 0.5) is 0 Å². The van der Waals surface area contributed by atoms with Crippen molar-refractivity contribution in [1.82, 2.24) is 0 Å². The first-order valence-corrected chi connectivity index (χ1v) is 14.8. The van der Waals surface area contributed by atoms with Crippen molar-refractivity contribution in [3.63, 3.8) is 0 Å². The van der Waals surface area contributed by atoms with Crippen molar-refractivity contribution in [2.24, 2.45) is 34.5 Å². The standard InChI is InChI=1S/C15H18O7.C15H16O6/c1-12(2,18)5-6-11(17)21-7(5)9-13(3)14(6,19)4-20-15(13)8(16)10(15)22-9;1-5(2)6-7-12(17)20-8(6)10-13(3)14(7,18)4-19-15(13)9(16)11(15)21-10/h5-7,9-10,18-19H,4H2,1-3H3;6-8,10-11,18H,1,4H2,2-3H3. The Morgan fingerprint density at radius 1 is 0.814 bits per heavy atom. The van der Waals surface area contributed by atoms with E-state index in [-0.39, 0.29) is 30.7 Å². The fourth-order valence-corrected chi connectivity index (χ4v) is 11.1. The SMILES string of the molecule is C=C(C)C1C2OC(=O)C1C1(O)COC34C(=O)C3OC2C14C.CC(C)(O)C1C2OC(=O)C1C1(O)COC34C(=O)C3OC2C14C. The predicted octanol–water partition coefficient (Wildman–Crippen LogP) is -1.62. The molecule has 0 aromatic rings. The van der Waals surface area contributed by atoms with Crippen molar-refractivity contribution in [1.29, 1.82) is 0 Å². The lowest BCUT2D eigenvalue weighted by atomic mass is 9.51. The van der Waals surface area contributed by atoms with Gasteiger partial charge in [0.1, 0.15) is 35.6 Å². The first-order valence-electron chi connectivity index (χ1n) is 14.8. The Morgan fingerprint density at radius 3 is 1.74 bits per heavy atom. The molecule has 6 saturated heterocycles. The van der Waals surface area contributed by atoms with E-state index in [2.05, 4.69) is 6.58 Å². The Kier molecular flexibility index (Phi) is 4.37. The van der Waals surface area contributed by atoms with Crippen molar-refractivity contribution in [3.05, 3.63) is 12.2 Å². The molecule has 43 heavy (non-hydrogen) atoms. The van der Waals surface area contributed by atoms with Crippen LogP contribution < -0.4 is 0 Å². The molecule has 232 valence electrons. The van der Waals surface area contributed by atoms with Crippen molar-refractivity contribution >= 4 is 23.5 Å². The maximum absolute atomic E-state index is 12.4. The lowest BCUT2D eigenvalue weighted by Crippen LogP contribution is -2.69. The molecule has 10 rings (SSSR count). The van der Waals surface area contributed by atoms with Crippen molar-refractivity contribution in [3.8, 4) is 0 Å². The highest BCUT2D eigenvalue weighted by atomic mass is 16.7. The number of esters is 2. The van der Waals surface area contributed by atoms with Gasteiger partial charge in [-0.1, -0.05) is 26.0 Å². The van der Waals surface area contributed by atoms with Gasteiger partial charge in [-0.05, 0) is 20.8 Å². The number of aliphatic hydroxyl groups is 3. The molecule has 10 fully saturated rings. The van der Waals surface area contributed by atoms with Crippen LogP contribution in [0.2, 0.25) is 0 Å². The summed E-state index contributed by atoms with van der Waals surface area (Å²) in [4.78, 5) is 49.0. The summed E-state index contributed by atoms with van der Waals surface area (Å²) in [6.07, 6.45) is -3.69. The van der Waals surface area contributed by atoms with Gasteiger partial charge in [0, 0.05) is 11.8 Å². The number of carbonyl (C=O) groups is 4. The Hall–Kier alpha value is -2.26. The van der Waals surface area contributed by atoms with Crippen LogP contribution >= 0.6 is 0 Å². The fourth-order valence-electron chi connectivity index (χ4n) is 11.1. The number of fused-ring (bicyclic) bond motifs is 8. The summed E-state index contributed by atoms with van der Waals surface area (Å²) in [6, 6.07) is 0. The summed E-state index contributed by atoms with van der Waals surface area (Å²) >= 11 is 0. The molecule has 16 atom stereocenters. The maximum atomic E-state index is 12.4. The third kappa shape index (κ3) is 2.27.